The van der Waals surface area contributed by atoms with Crippen LogP contribution in [0.5, 0.6) is 0 Å². The quantitative estimate of drug-likeness (QED) is 0.286. The molecular formula is C9H11IN4O. The summed E-state index contributed by atoms with van der Waals surface area (Å²) < 4.78 is 0.802. The third-order valence-corrected chi connectivity index (χ3v) is 1.95. The molecule has 1 heterocycles. The largest absolute Gasteiger partial charge is 0.512 e. The minimum atomic E-state index is 0.0959. The van der Waals surface area contributed by atoms with E-state index in [1.54, 1.807) is 0 Å². The van der Waals surface area contributed by atoms with Gasteiger partial charge in [0.25, 0.3) is 5.95 Å². The van der Waals surface area contributed by atoms with E-state index in [0.29, 0.717) is 5.95 Å². The predicted molar refractivity (Wildman–Crippen MR) is 67.2 cm³/mol. The van der Waals surface area contributed by atoms with Crippen molar-refractivity contribution in [1.82, 2.24) is 9.97 Å². The highest BCUT2D eigenvalue weighted by Gasteiger charge is 1.99. The van der Waals surface area contributed by atoms with Crippen molar-refractivity contribution in [3.05, 3.63) is 27.3 Å². The third-order valence-electron chi connectivity index (χ3n) is 1.40. The van der Waals surface area contributed by atoms with Gasteiger partial charge in [-0.2, -0.15) is 4.99 Å². The number of aromatic nitrogens is 2. The molecule has 0 aliphatic heterocycles. The Hall–Kier alpha value is -1.18. The van der Waals surface area contributed by atoms with Crippen LogP contribution in [0.2, 0.25) is 0 Å². The molecule has 0 aromatic carbocycles. The van der Waals surface area contributed by atoms with Crippen molar-refractivity contribution in [2.75, 3.05) is 0 Å². The fourth-order valence-corrected chi connectivity index (χ4v) is 1.59. The first kappa shape index (κ1) is 11.9. The topological polar surface area (TPSA) is 84.4 Å². The van der Waals surface area contributed by atoms with Crippen LogP contribution in [0.1, 0.15) is 12.6 Å². The van der Waals surface area contributed by atoms with Gasteiger partial charge in [-0.15, -0.1) is 0 Å². The SMILES string of the molecule is CC(O)=CC(N)=Nc1nc(C)cc(I)n1. The Morgan fingerprint density at radius 3 is 2.80 bits per heavy atom. The van der Waals surface area contributed by atoms with E-state index in [1.165, 1.54) is 13.0 Å². The summed E-state index contributed by atoms with van der Waals surface area (Å²) in [4.78, 5) is 12.1. The number of hydrogen-bond donors (Lipinski definition) is 2. The monoisotopic (exact) mass is 318 g/mol. The molecule has 0 saturated carbocycles. The summed E-state index contributed by atoms with van der Waals surface area (Å²) in [6.07, 6.45) is 1.35. The molecule has 0 atom stereocenters. The highest BCUT2D eigenvalue weighted by Crippen LogP contribution is 2.09. The molecule has 0 spiro atoms. The second-order valence-electron chi connectivity index (χ2n) is 2.95. The molecular weight excluding hydrogens is 307 g/mol. The number of amidine groups is 1. The van der Waals surface area contributed by atoms with E-state index in [2.05, 4.69) is 37.6 Å². The Bertz CT molecular complexity index is 404. The summed E-state index contributed by atoms with van der Waals surface area (Å²) in [5.74, 6) is 0.574. The van der Waals surface area contributed by atoms with Crippen molar-refractivity contribution in [2.24, 2.45) is 10.7 Å². The molecule has 0 fully saturated rings. The second kappa shape index (κ2) is 5.06. The van der Waals surface area contributed by atoms with E-state index < -0.39 is 0 Å². The Morgan fingerprint density at radius 2 is 2.27 bits per heavy atom. The summed E-state index contributed by atoms with van der Waals surface area (Å²) >= 11 is 2.08. The van der Waals surface area contributed by atoms with Crippen LogP contribution in [-0.4, -0.2) is 20.9 Å². The zero-order valence-electron chi connectivity index (χ0n) is 8.40. The molecule has 0 bridgehead atoms. The first-order chi connectivity index (χ1) is 6.97. The van der Waals surface area contributed by atoms with E-state index in [0.717, 1.165) is 9.39 Å². The normalized spacial score (nSPS) is 13.0. The Kier molecular flexibility index (Phi) is 4.01. The minimum absolute atomic E-state index is 0.0959. The lowest BCUT2D eigenvalue weighted by molar-refractivity contribution is 0.415. The maximum atomic E-state index is 8.97. The number of aryl methyl sites for hydroxylation is 1. The standard InChI is InChI=1S/C9H11IN4O/c1-5-3-7(10)13-9(12-5)14-8(11)4-6(2)15/h3-4,15H,1-2H3,(H2,11,12,13,14). The van der Waals surface area contributed by atoms with Crippen LogP contribution in [-0.2, 0) is 0 Å². The van der Waals surface area contributed by atoms with Gasteiger partial charge in [0.1, 0.15) is 9.54 Å². The zero-order valence-corrected chi connectivity index (χ0v) is 10.6. The highest BCUT2D eigenvalue weighted by molar-refractivity contribution is 14.1. The lowest BCUT2D eigenvalue weighted by atomic mass is 10.4. The van der Waals surface area contributed by atoms with Gasteiger partial charge < -0.3 is 10.8 Å². The van der Waals surface area contributed by atoms with Crippen molar-refractivity contribution < 1.29 is 5.11 Å². The van der Waals surface area contributed by atoms with Gasteiger partial charge in [-0.1, -0.05) is 0 Å². The number of aliphatic hydroxyl groups is 1. The van der Waals surface area contributed by atoms with E-state index in [1.807, 2.05) is 13.0 Å². The molecule has 3 N–H and O–H groups in total. The van der Waals surface area contributed by atoms with E-state index in [-0.39, 0.29) is 11.6 Å². The van der Waals surface area contributed by atoms with Gasteiger partial charge in [-0.05, 0) is 42.5 Å². The number of allylic oxidation sites excluding steroid dienone is 1. The smallest absolute Gasteiger partial charge is 0.252 e. The fourth-order valence-electron chi connectivity index (χ4n) is 0.927. The Labute approximate surface area is 101 Å². The molecule has 0 saturated heterocycles. The van der Waals surface area contributed by atoms with Crippen LogP contribution in [0.25, 0.3) is 0 Å². The van der Waals surface area contributed by atoms with Gasteiger partial charge in [0.2, 0.25) is 0 Å². The zero-order chi connectivity index (χ0) is 11.4. The van der Waals surface area contributed by atoms with Crippen LogP contribution in [0.3, 0.4) is 0 Å². The summed E-state index contributed by atoms with van der Waals surface area (Å²) in [5.41, 5.74) is 6.36. The van der Waals surface area contributed by atoms with Gasteiger partial charge in [-0.25, -0.2) is 9.97 Å². The third kappa shape index (κ3) is 4.24. The molecule has 1 rings (SSSR count). The summed E-state index contributed by atoms with van der Waals surface area (Å²) in [6.45, 7) is 3.37. The summed E-state index contributed by atoms with van der Waals surface area (Å²) in [6, 6.07) is 1.84. The van der Waals surface area contributed by atoms with E-state index in [4.69, 9.17) is 10.8 Å². The van der Waals surface area contributed by atoms with Crippen LogP contribution in [0, 0.1) is 10.6 Å². The fraction of sp³-hybridized carbons (Fsp3) is 0.222. The average molecular weight is 318 g/mol. The molecule has 80 valence electrons. The number of aliphatic hydroxyl groups excluding tert-OH is 1. The molecule has 0 aliphatic rings. The number of aliphatic imine (C=N–C) groups is 1. The first-order valence-electron chi connectivity index (χ1n) is 4.20. The van der Waals surface area contributed by atoms with Crippen molar-refractivity contribution in [2.45, 2.75) is 13.8 Å². The molecule has 0 amide bonds. The van der Waals surface area contributed by atoms with Crippen LogP contribution in [0.4, 0.5) is 5.95 Å². The van der Waals surface area contributed by atoms with Crippen molar-refractivity contribution in [3.8, 4) is 0 Å². The molecule has 1 aromatic heterocycles. The first-order valence-corrected chi connectivity index (χ1v) is 5.28. The maximum absolute atomic E-state index is 8.97. The number of halogens is 1. The molecule has 6 heteroatoms. The van der Waals surface area contributed by atoms with Crippen LogP contribution >= 0.6 is 22.6 Å². The summed E-state index contributed by atoms with van der Waals surface area (Å²) in [7, 11) is 0. The van der Waals surface area contributed by atoms with Gasteiger partial charge in [-0.3, -0.25) is 0 Å². The molecule has 0 aliphatic carbocycles. The van der Waals surface area contributed by atoms with E-state index >= 15 is 0 Å². The number of nitrogens with two attached hydrogens (primary N) is 1. The lowest BCUT2D eigenvalue weighted by Crippen LogP contribution is -2.08. The van der Waals surface area contributed by atoms with E-state index in [9.17, 15) is 0 Å². The Morgan fingerprint density at radius 1 is 1.60 bits per heavy atom. The highest BCUT2D eigenvalue weighted by atomic mass is 127. The molecule has 0 radical (unpaired) electrons. The van der Waals surface area contributed by atoms with Crippen molar-refractivity contribution >= 4 is 34.4 Å². The number of nitrogens with zero attached hydrogens (tertiary/aromatic N) is 3. The van der Waals surface area contributed by atoms with Crippen LogP contribution in [0.15, 0.2) is 22.9 Å². The number of hydrogen-bond acceptors (Lipinski definition) is 4. The Balaban J connectivity index is 3.03. The average Bonchev–Trinajstić information content (AvgIpc) is 1.98. The molecule has 5 nitrogen and oxygen atoms in total. The summed E-state index contributed by atoms with van der Waals surface area (Å²) in [5, 5.41) is 8.97. The van der Waals surface area contributed by atoms with Gasteiger partial charge in [0.15, 0.2) is 0 Å². The van der Waals surface area contributed by atoms with Gasteiger partial charge in [0.05, 0.1) is 5.76 Å². The lowest BCUT2D eigenvalue weighted by Gasteiger charge is -1.97. The molecule has 0 unspecified atom stereocenters. The van der Waals surface area contributed by atoms with Crippen molar-refractivity contribution in [3.63, 3.8) is 0 Å². The van der Waals surface area contributed by atoms with Gasteiger partial charge in [0, 0.05) is 11.8 Å². The maximum Gasteiger partial charge on any atom is 0.252 e. The number of rotatable bonds is 2. The molecule has 15 heavy (non-hydrogen) atoms. The molecule has 1 aromatic rings. The second-order valence-corrected chi connectivity index (χ2v) is 4.06. The minimum Gasteiger partial charge on any atom is -0.512 e. The van der Waals surface area contributed by atoms with Gasteiger partial charge >= 0.3 is 0 Å². The predicted octanol–water partition coefficient (Wildman–Crippen LogP) is 1.84. The van der Waals surface area contributed by atoms with Crippen molar-refractivity contribution in [1.29, 1.82) is 0 Å². The van der Waals surface area contributed by atoms with Crippen LogP contribution < -0.4 is 5.73 Å².